The van der Waals surface area contributed by atoms with Crippen LogP contribution in [0.15, 0.2) is 22.8 Å². The summed E-state index contributed by atoms with van der Waals surface area (Å²) in [5, 5.41) is 0. The Bertz CT molecular complexity index is 350. The van der Waals surface area contributed by atoms with Crippen LogP contribution in [0.1, 0.15) is 20.3 Å². The first-order valence-corrected chi connectivity index (χ1v) is 4.77. The van der Waals surface area contributed by atoms with Gasteiger partial charge in [-0.2, -0.15) is 0 Å². The van der Waals surface area contributed by atoms with Crippen LogP contribution in [0.5, 0.6) is 0 Å². The molecule has 1 aliphatic rings. The van der Waals surface area contributed by atoms with Crippen molar-refractivity contribution in [2.45, 2.75) is 20.3 Å². The van der Waals surface area contributed by atoms with Gasteiger partial charge in [-0.25, -0.2) is 9.59 Å². The zero-order chi connectivity index (χ0) is 11.4. The number of esters is 2. The van der Waals surface area contributed by atoms with E-state index in [0.29, 0.717) is 29.7 Å². The average molecular weight is 210 g/mol. The van der Waals surface area contributed by atoms with Gasteiger partial charge in [0.1, 0.15) is 0 Å². The number of allylic oxidation sites excluding steroid dienone is 1. The van der Waals surface area contributed by atoms with Crippen molar-refractivity contribution in [3.8, 4) is 0 Å². The molecule has 0 spiro atoms. The highest BCUT2D eigenvalue weighted by Gasteiger charge is 2.25. The van der Waals surface area contributed by atoms with Gasteiger partial charge in [0.05, 0.1) is 19.3 Å². The molecule has 0 fully saturated rings. The number of hydrogen-bond donors (Lipinski definition) is 0. The molecule has 0 atom stereocenters. The second-order valence-corrected chi connectivity index (χ2v) is 3.14. The molecular formula is C11H14O4. The molecule has 1 aliphatic carbocycles. The van der Waals surface area contributed by atoms with E-state index in [2.05, 4.69) is 4.74 Å². The van der Waals surface area contributed by atoms with E-state index < -0.39 is 5.97 Å². The Morgan fingerprint density at radius 1 is 1.40 bits per heavy atom. The van der Waals surface area contributed by atoms with E-state index in [0.717, 1.165) is 0 Å². The fraction of sp³-hybridized carbons (Fsp3) is 0.455. The molecule has 0 aliphatic heterocycles. The summed E-state index contributed by atoms with van der Waals surface area (Å²) < 4.78 is 9.47. The van der Waals surface area contributed by atoms with Gasteiger partial charge in [0.15, 0.2) is 0 Å². The predicted octanol–water partition coefficient (Wildman–Crippen LogP) is 1.37. The minimum Gasteiger partial charge on any atom is -0.465 e. The van der Waals surface area contributed by atoms with Crippen molar-refractivity contribution in [2.75, 3.05) is 13.7 Å². The van der Waals surface area contributed by atoms with E-state index in [1.807, 2.05) is 0 Å². The molecule has 0 amide bonds. The molecule has 82 valence electrons. The quantitative estimate of drug-likeness (QED) is 0.660. The molecule has 0 N–H and O–H groups in total. The van der Waals surface area contributed by atoms with Gasteiger partial charge in [-0.1, -0.05) is 6.08 Å². The van der Waals surface area contributed by atoms with Gasteiger partial charge in [-0.05, 0) is 25.8 Å². The Labute approximate surface area is 88.6 Å². The normalized spacial score (nSPS) is 15.0. The largest absolute Gasteiger partial charge is 0.465 e. The van der Waals surface area contributed by atoms with E-state index in [-0.39, 0.29) is 5.97 Å². The maximum Gasteiger partial charge on any atom is 0.337 e. The second kappa shape index (κ2) is 4.77. The smallest absolute Gasteiger partial charge is 0.337 e. The highest BCUT2D eigenvalue weighted by atomic mass is 16.5. The SMILES string of the molecule is CCOC(=O)C1=C(C)C(C(=O)OC)=CC1. The summed E-state index contributed by atoms with van der Waals surface area (Å²) in [4.78, 5) is 22.7. The lowest BCUT2D eigenvalue weighted by molar-refractivity contribution is -0.138. The van der Waals surface area contributed by atoms with E-state index >= 15 is 0 Å². The van der Waals surface area contributed by atoms with Crippen molar-refractivity contribution < 1.29 is 19.1 Å². The standard InChI is InChI=1S/C11H14O4/c1-4-15-11(13)9-6-5-8(7(9)2)10(12)14-3/h5H,4,6H2,1-3H3. The van der Waals surface area contributed by atoms with Gasteiger partial charge >= 0.3 is 11.9 Å². The third-order valence-corrected chi connectivity index (χ3v) is 2.29. The molecule has 1 rings (SSSR count). The first kappa shape index (κ1) is 11.5. The zero-order valence-corrected chi connectivity index (χ0v) is 9.12. The van der Waals surface area contributed by atoms with Crippen molar-refractivity contribution in [3.05, 3.63) is 22.8 Å². The Hall–Kier alpha value is -1.58. The number of rotatable bonds is 3. The molecule has 4 heteroatoms. The van der Waals surface area contributed by atoms with Crippen LogP contribution in [0.3, 0.4) is 0 Å². The topological polar surface area (TPSA) is 52.6 Å². The third kappa shape index (κ3) is 2.26. The van der Waals surface area contributed by atoms with Gasteiger partial charge in [-0.15, -0.1) is 0 Å². The lowest BCUT2D eigenvalue weighted by Crippen LogP contribution is -2.09. The average Bonchev–Trinajstić information content (AvgIpc) is 2.59. The fourth-order valence-corrected chi connectivity index (χ4v) is 1.47. The summed E-state index contributed by atoms with van der Waals surface area (Å²) in [6.45, 7) is 3.81. The minimum absolute atomic E-state index is 0.336. The molecule has 0 bridgehead atoms. The molecule has 0 aromatic heterocycles. The van der Waals surface area contributed by atoms with Gasteiger partial charge in [0.2, 0.25) is 0 Å². The Morgan fingerprint density at radius 3 is 2.60 bits per heavy atom. The molecular weight excluding hydrogens is 196 g/mol. The third-order valence-electron chi connectivity index (χ3n) is 2.29. The Balaban J connectivity index is 2.84. The highest BCUT2D eigenvalue weighted by Crippen LogP contribution is 2.27. The van der Waals surface area contributed by atoms with E-state index in [4.69, 9.17) is 4.74 Å². The van der Waals surface area contributed by atoms with E-state index in [9.17, 15) is 9.59 Å². The number of methoxy groups -OCH3 is 1. The summed E-state index contributed by atoms with van der Waals surface area (Å²) in [6, 6.07) is 0. The zero-order valence-electron chi connectivity index (χ0n) is 9.12. The van der Waals surface area contributed by atoms with Gasteiger partial charge < -0.3 is 9.47 Å². The van der Waals surface area contributed by atoms with Crippen LogP contribution in [0.4, 0.5) is 0 Å². The monoisotopic (exact) mass is 210 g/mol. The van der Waals surface area contributed by atoms with Crippen LogP contribution >= 0.6 is 0 Å². The van der Waals surface area contributed by atoms with E-state index in [1.54, 1.807) is 19.9 Å². The second-order valence-electron chi connectivity index (χ2n) is 3.14. The van der Waals surface area contributed by atoms with Gasteiger partial charge in [-0.3, -0.25) is 0 Å². The number of carbonyl (C=O) groups excluding carboxylic acids is 2. The summed E-state index contributed by atoms with van der Waals surface area (Å²) >= 11 is 0. The molecule has 0 saturated carbocycles. The maximum atomic E-state index is 11.4. The molecule has 0 aromatic rings. The minimum atomic E-state index is -0.410. The molecule has 15 heavy (non-hydrogen) atoms. The van der Waals surface area contributed by atoms with Crippen LogP contribution in [0.25, 0.3) is 0 Å². The molecule has 0 saturated heterocycles. The number of ether oxygens (including phenoxy) is 2. The van der Waals surface area contributed by atoms with Crippen molar-refractivity contribution in [2.24, 2.45) is 0 Å². The Kier molecular flexibility index (Phi) is 3.66. The van der Waals surface area contributed by atoms with Crippen molar-refractivity contribution in [1.82, 2.24) is 0 Å². The van der Waals surface area contributed by atoms with Crippen molar-refractivity contribution in [1.29, 1.82) is 0 Å². The van der Waals surface area contributed by atoms with Crippen molar-refractivity contribution in [3.63, 3.8) is 0 Å². The summed E-state index contributed by atoms with van der Waals surface area (Å²) in [6.07, 6.45) is 2.13. The first-order chi connectivity index (χ1) is 7.11. The van der Waals surface area contributed by atoms with Crippen molar-refractivity contribution >= 4 is 11.9 Å². The molecule has 0 unspecified atom stereocenters. The first-order valence-electron chi connectivity index (χ1n) is 4.77. The van der Waals surface area contributed by atoms with Crippen LogP contribution in [-0.2, 0) is 19.1 Å². The lowest BCUT2D eigenvalue weighted by Gasteiger charge is -2.05. The number of hydrogen-bond acceptors (Lipinski definition) is 4. The van der Waals surface area contributed by atoms with Crippen LogP contribution in [-0.4, -0.2) is 25.7 Å². The summed E-state index contributed by atoms with van der Waals surface area (Å²) in [7, 11) is 1.32. The van der Waals surface area contributed by atoms with Crippen LogP contribution in [0.2, 0.25) is 0 Å². The maximum absolute atomic E-state index is 11.4. The number of carbonyl (C=O) groups is 2. The molecule has 0 radical (unpaired) electrons. The lowest BCUT2D eigenvalue weighted by atomic mass is 10.1. The van der Waals surface area contributed by atoms with Crippen LogP contribution in [0, 0.1) is 0 Å². The van der Waals surface area contributed by atoms with E-state index in [1.165, 1.54) is 7.11 Å². The van der Waals surface area contributed by atoms with Gasteiger partial charge in [0, 0.05) is 5.57 Å². The predicted molar refractivity (Wildman–Crippen MR) is 54.0 cm³/mol. The summed E-state index contributed by atoms with van der Waals surface area (Å²) in [5.74, 6) is -0.767. The Morgan fingerprint density at radius 2 is 2.07 bits per heavy atom. The van der Waals surface area contributed by atoms with Gasteiger partial charge in [0.25, 0.3) is 0 Å². The molecule has 0 heterocycles. The highest BCUT2D eigenvalue weighted by molar-refractivity contribution is 6.00. The molecule has 4 nitrogen and oxygen atoms in total. The van der Waals surface area contributed by atoms with Crippen LogP contribution < -0.4 is 0 Å². The summed E-state index contributed by atoms with van der Waals surface area (Å²) in [5.41, 5.74) is 1.65. The molecule has 0 aromatic carbocycles. The fourth-order valence-electron chi connectivity index (χ4n) is 1.47.